The third kappa shape index (κ3) is 5.01. The quantitative estimate of drug-likeness (QED) is 0.557. The minimum atomic E-state index is -1.86. The maximum absolute atomic E-state index is 11.8. The van der Waals surface area contributed by atoms with Gasteiger partial charge in [-0.15, -0.1) is 0 Å². The highest BCUT2D eigenvalue weighted by Gasteiger charge is 2.29. The lowest BCUT2D eigenvalue weighted by Gasteiger charge is -2.16. The predicted octanol–water partition coefficient (Wildman–Crippen LogP) is 0.0879. The zero-order chi connectivity index (χ0) is 17.4. The number of carbonyl (C=O) groups is 2. The molecule has 2 amide bonds. The van der Waals surface area contributed by atoms with E-state index in [0.717, 1.165) is 11.3 Å². The molecule has 0 bridgehead atoms. The van der Waals surface area contributed by atoms with Crippen LogP contribution in [0, 0.1) is 0 Å². The fraction of sp³-hybridized carbons (Fsp3) is 0.312. The van der Waals surface area contributed by atoms with Gasteiger partial charge in [-0.2, -0.15) is 0 Å². The summed E-state index contributed by atoms with van der Waals surface area (Å²) in [4.78, 5) is 27.2. The summed E-state index contributed by atoms with van der Waals surface area (Å²) in [7, 11) is 2.98. The van der Waals surface area contributed by atoms with E-state index >= 15 is 0 Å². The smallest absolute Gasteiger partial charge is 0.256 e. The van der Waals surface area contributed by atoms with E-state index in [-0.39, 0.29) is 0 Å². The van der Waals surface area contributed by atoms with Gasteiger partial charge in [0.2, 0.25) is 0 Å². The number of benzene rings is 1. The maximum atomic E-state index is 11.8. The normalized spacial score (nSPS) is 14.4. The molecule has 0 aromatic heterocycles. The van der Waals surface area contributed by atoms with Crippen molar-refractivity contribution in [1.82, 2.24) is 5.32 Å². The number of allylic oxidation sites excluding steroid dienone is 2. The lowest BCUT2D eigenvalue weighted by Crippen LogP contribution is -2.46. The summed E-state index contributed by atoms with van der Waals surface area (Å²) in [5.74, 6) is -1.70. The highest BCUT2D eigenvalue weighted by atomic mass is 16.3. The second kappa shape index (κ2) is 8.82. The monoisotopic (exact) mass is 319 g/mol. The minimum absolute atomic E-state index is 0.429. The molecule has 2 atom stereocenters. The topological polar surface area (TPSA) is 111 Å². The SMILES string of the molecule is C/C=C\C(=N/C)c1ccc(NC(=O)C(O)[C@@H](O)C(=O)NC)cc1. The molecule has 0 aliphatic carbocycles. The van der Waals surface area contributed by atoms with Crippen molar-refractivity contribution in [2.24, 2.45) is 4.99 Å². The molecule has 1 aromatic rings. The van der Waals surface area contributed by atoms with Gasteiger partial charge in [-0.3, -0.25) is 14.6 Å². The largest absolute Gasteiger partial charge is 0.380 e. The summed E-state index contributed by atoms with van der Waals surface area (Å²) in [6.45, 7) is 1.89. The first kappa shape index (κ1) is 18.5. The fourth-order valence-corrected chi connectivity index (χ4v) is 1.83. The maximum Gasteiger partial charge on any atom is 0.256 e. The lowest BCUT2D eigenvalue weighted by atomic mass is 10.1. The summed E-state index contributed by atoms with van der Waals surface area (Å²) in [5.41, 5.74) is 2.09. The number of rotatable bonds is 6. The lowest BCUT2D eigenvalue weighted by molar-refractivity contribution is -0.142. The van der Waals surface area contributed by atoms with Crippen LogP contribution in [-0.2, 0) is 9.59 Å². The number of aliphatic imine (C=N–C) groups is 1. The standard InChI is InChI=1S/C16H21N3O4/c1-4-5-12(17-2)10-6-8-11(9-7-10)19-16(23)14(21)13(20)15(22)18-3/h4-9,13-14,20-21H,1-3H3,(H,18,22)(H,19,23)/b5-4-,17-12+/t13-,14?/m1/s1. The highest BCUT2D eigenvalue weighted by molar-refractivity contribution is 6.09. The number of likely N-dealkylation sites (N-methyl/N-ethyl adjacent to an activating group) is 1. The van der Waals surface area contributed by atoms with Crippen LogP contribution in [0.25, 0.3) is 0 Å². The summed E-state index contributed by atoms with van der Waals surface area (Å²) < 4.78 is 0. The van der Waals surface area contributed by atoms with Crippen molar-refractivity contribution in [3.63, 3.8) is 0 Å². The number of nitrogens with zero attached hydrogens (tertiary/aromatic N) is 1. The number of hydrogen-bond donors (Lipinski definition) is 4. The zero-order valence-corrected chi connectivity index (χ0v) is 13.3. The van der Waals surface area contributed by atoms with Crippen molar-refractivity contribution >= 4 is 23.2 Å². The molecule has 1 unspecified atom stereocenters. The van der Waals surface area contributed by atoms with Crippen LogP contribution in [0.3, 0.4) is 0 Å². The van der Waals surface area contributed by atoms with Crippen LogP contribution in [0.2, 0.25) is 0 Å². The first-order chi connectivity index (χ1) is 10.9. The Labute approximate surface area is 134 Å². The van der Waals surface area contributed by atoms with Crippen molar-refractivity contribution in [1.29, 1.82) is 0 Å². The van der Waals surface area contributed by atoms with E-state index in [4.69, 9.17) is 0 Å². The second-order valence-corrected chi connectivity index (χ2v) is 4.68. The van der Waals surface area contributed by atoms with Gasteiger partial charge in [0.05, 0.1) is 5.71 Å². The molecular weight excluding hydrogens is 298 g/mol. The molecule has 7 heteroatoms. The molecule has 0 saturated heterocycles. The summed E-state index contributed by atoms with van der Waals surface area (Å²) in [6, 6.07) is 6.81. The summed E-state index contributed by atoms with van der Waals surface area (Å²) in [6.07, 6.45) is 0.0456. The van der Waals surface area contributed by atoms with Crippen LogP contribution >= 0.6 is 0 Å². The van der Waals surface area contributed by atoms with E-state index in [1.807, 2.05) is 19.1 Å². The number of nitrogens with one attached hydrogen (secondary N) is 2. The Bertz CT molecular complexity index is 608. The Morgan fingerprint density at radius 3 is 2.17 bits per heavy atom. The average molecular weight is 319 g/mol. The highest BCUT2D eigenvalue weighted by Crippen LogP contribution is 2.12. The Balaban J connectivity index is 2.78. The molecule has 0 spiro atoms. The Hall–Kier alpha value is -2.51. The van der Waals surface area contributed by atoms with Gasteiger partial charge < -0.3 is 20.8 Å². The molecule has 0 fully saturated rings. The molecule has 1 aromatic carbocycles. The zero-order valence-electron chi connectivity index (χ0n) is 13.3. The number of anilines is 1. The van der Waals surface area contributed by atoms with Crippen LogP contribution in [0.15, 0.2) is 41.4 Å². The van der Waals surface area contributed by atoms with Crippen LogP contribution in [-0.4, -0.2) is 54.0 Å². The van der Waals surface area contributed by atoms with Crippen LogP contribution in [0.5, 0.6) is 0 Å². The molecule has 0 aliphatic rings. The van der Waals surface area contributed by atoms with E-state index in [0.29, 0.717) is 5.69 Å². The van der Waals surface area contributed by atoms with Gasteiger partial charge in [-0.1, -0.05) is 18.2 Å². The molecule has 23 heavy (non-hydrogen) atoms. The second-order valence-electron chi connectivity index (χ2n) is 4.68. The van der Waals surface area contributed by atoms with Gasteiger partial charge in [-0.25, -0.2) is 0 Å². The van der Waals surface area contributed by atoms with Crippen molar-refractivity contribution in [2.75, 3.05) is 19.4 Å². The molecule has 7 nitrogen and oxygen atoms in total. The Morgan fingerprint density at radius 1 is 1.13 bits per heavy atom. The Morgan fingerprint density at radius 2 is 1.70 bits per heavy atom. The van der Waals surface area contributed by atoms with Gasteiger partial charge >= 0.3 is 0 Å². The summed E-state index contributed by atoms with van der Waals surface area (Å²) in [5, 5.41) is 23.7. The first-order valence-electron chi connectivity index (χ1n) is 7.03. The van der Waals surface area contributed by atoms with Crippen molar-refractivity contribution in [3.8, 4) is 0 Å². The van der Waals surface area contributed by atoms with Crippen LogP contribution < -0.4 is 10.6 Å². The number of aliphatic hydroxyl groups is 2. The number of amides is 2. The third-order valence-electron chi connectivity index (χ3n) is 3.10. The van der Waals surface area contributed by atoms with E-state index in [1.54, 1.807) is 31.3 Å². The molecule has 1 rings (SSSR count). The number of carbonyl (C=O) groups excluding carboxylic acids is 2. The summed E-state index contributed by atoms with van der Waals surface area (Å²) >= 11 is 0. The van der Waals surface area contributed by atoms with Gasteiger partial charge in [0.15, 0.2) is 12.2 Å². The van der Waals surface area contributed by atoms with E-state index in [1.165, 1.54) is 7.05 Å². The first-order valence-corrected chi connectivity index (χ1v) is 7.03. The van der Waals surface area contributed by atoms with Crippen LogP contribution in [0.1, 0.15) is 12.5 Å². The molecular formula is C16H21N3O4. The molecule has 0 radical (unpaired) electrons. The van der Waals surface area contributed by atoms with Gasteiger partial charge in [0.25, 0.3) is 11.8 Å². The number of hydrogen-bond acceptors (Lipinski definition) is 5. The molecule has 0 saturated carbocycles. The van der Waals surface area contributed by atoms with Gasteiger partial charge in [0.1, 0.15) is 0 Å². The van der Waals surface area contributed by atoms with Crippen molar-refractivity contribution < 1.29 is 19.8 Å². The third-order valence-corrected chi connectivity index (χ3v) is 3.10. The molecule has 0 aliphatic heterocycles. The Kier molecular flexibility index (Phi) is 7.11. The average Bonchev–Trinajstić information content (AvgIpc) is 2.58. The fourth-order valence-electron chi connectivity index (χ4n) is 1.83. The number of aliphatic hydroxyl groups excluding tert-OH is 2. The van der Waals surface area contributed by atoms with E-state index in [9.17, 15) is 19.8 Å². The molecule has 4 N–H and O–H groups in total. The van der Waals surface area contributed by atoms with Gasteiger partial charge in [0, 0.05) is 19.8 Å². The van der Waals surface area contributed by atoms with Gasteiger partial charge in [-0.05, 0) is 30.7 Å². The minimum Gasteiger partial charge on any atom is -0.380 e. The molecule has 0 heterocycles. The van der Waals surface area contributed by atoms with Crippen LogP contribution in [0.4, 0.5) is 5.69 Å². The van der Waals surface area contributed by atoms with Crippen molar-refractivity contribution in [2.45, 2.75) is 19.1 Å². The molecule has 124 valence electrons. The van der Waals surface area contributed by atoms with E-state index in [2.05, 4.69) is 15.6 Å². The predicted molar refractivity (Wildman–Crippen MR) is 88.4 cm³/mol. The van der Waals surface area contributed by atoms with Crippen molar-refractivity contribution in [3.05, 3.63) is 42.0 Å². The van der Waals surface area contributed by atoms with E-state index < -0.39 is 24.0 Å².